The van der Waals surface area contributed by atoms with Crippen LogP contribution in [0, 0.1) is 0 Å². The average Bonchev–Trinajstić information content (AvgIpc) is 2.93. The van der Waals surface area contributed by atoms with Crippen LogP contribution in [0.5, 0.6) is 0 Å². The van der Waals surface area contributed by atoms with Gasteiger partial charge in [-0.05, 0) is 12.8 Å². The minimum absolute atomic E-state index is 0. The molecule has 0 heterocycles. The third-order valence-corrected chi connectivity index (χ3v) is 8.32. The zero-order valence-corrected chi connectivity index (χ0v) is 34.7. The van der Waals surface area contributed by atoms with Gasteiger partial charge in [-0.3, -0.25) is 0 Å². The predicted molar refractivity (Wildman–Crippen MR) is 171 cm³/mol. The van der Waals surface area contributed by atoms with Gasteiger partial charge in [0.15, 0.2) is 0 Å². The second-order valence-corrected chi connectivity index (χ2v) is 13.0. The van der Waals surface area contributed by atoms with Gasteiger partial charge in [-0.2, -0.15) is 0 Å². The summed E-state index contributed by atoms with van der Waals surface area (Å²) in [5, 5.41) is 0. The van der Waals surface area contributed by atoms with Gasteiger partial charge in [-0.15, -0.1) is 0 Å². The Hall–Kier alpha value is 2.30. The SMILES string of the molecule is CCCCCCCCCCCCCCCCO[PH](=O)[O-].CCCCCCCCCCCCCCCCO[PH](=O)[O-].[Na+].[Na+]. The molecule has 0 aromatic carbocycles. The molecular weight excluding hydrogens is 588 g/mol. The van der Waals surface area contributed by atoms with Crippen LogP contribution < -0.4 is 68.9 Å². The van der Waals surface area contributed by atoms with Gasteiger partial charge in [0.2, 0.25) is 0 Å². The summed E-state index contributed by atoms with van der Waals surface area (Å²) in [5.74, 6) is 0. The Morgan fingerprint density at radius 2 is 0.524 bits per heavy atom. The van der Waals surface area contributed by atoms with E-state index in [9.17, 15) is 18.9 Å². The molecule has 0 aliphatic heterocycles. The van der Waals surface area contributed by atoms with E-state index in [1.165, 1.54) is 154 Å². The van der Waals surface area contributed by atoms with E-state index in [1.54, 1.807) is 0 Å². The van der Waals surface area contributed by atoms with Crippen LogP contribution in [0.1, 0.15) is 194 Å². The summed E-state index contributed by atoms with van der Waals surface area (Å²) < 4.78 is 29.4. The summed E-state index contributed by atoms with van der Waals surface area (Å²) in [7, 11) is -5.90. The van der Waals surface area contributed by atoms with Crippen molar-refractivity contribution in [1.29, 1.82) is 0 Å². The van der Waals surface area contributed by atoms with Crippen LogP contribution in [0.2, 0.25) is 0 Å². The second-order valence-electron chi connectivity index (χ2n) is 11.4. The van der Waals surface area contributed by atoms with Crippen molar-refractivity contribution in [3.8, 4) is 0 Å². The molecule has 0 saturated carbocycles. The first kappa shape index (κ1) is 51.1. The molecule has 0 fully saturated rings. The largest absolute Gasteiger partial charge is 1.00 e. The van der Waals surface area contributed by atoms with Crippen molar-refractivity contribution in [2.45, 2.75) is 194 Å². The number of rotatable bonds is 32. The third kappa shape index (κ3) is 54.8. The van der Waals surface area contributed by atoms with Gasteiger partial charge < -0.3 is 28.0 Å². The zero-order chi connectivity index (χ0) is 29.8. The van der Waals surface area contributed by atoms with Crippen molar-refractivity contribution >= 4 is 16.5 Å². The van der Waals surface area contributed by atoms with Crippen LogP contribution in [0.3, 0.4) is 0 Å². The molecule has 0 aliphatic rings. The van der Waals surface area contributed by atoms with E-state index >= 15 is 0 Å². The Balaban J connectivity index is -0.000000328. The fourth-order valence-electron chi connectivity index (χ4n) is 4.90. The van der Waals surface area contributed by atoms with Crippen LogP contribution in [0.25, 0.3) is 0 Å². The Bertz CT molecular complexity index is 475. The molecule has 0 spiro atoms. The molecule has 0 radical (unpaired) electrons. The minimum atomic E-state index is -2.95. The smallest absolute Gasteiger partial charge is 0.781 e. The summed E-state index contributed by atoms with van der Waals surface area (Å²) in [6, 6.07) is 0. The summed E-state index contributed by atoms with van der Waals surface area (Å²) in [6.07, 6.45) is 36.7. The predicted octanol–water partition coefficient (Wildman–Crippen LogP) is 4.48. The number of unbranched alkanes of at least 4 members (excludes halogenated alkanes) is 26. The molecule has 0 saturated heterocycles. The van der Waals surface area contributed by atoms with Gasteiger partial charge in [0.05, 0.1) is 13.2 Å². The molecule has 6 nitrogen and oxygen atoms in total. The van der Waals surface area contributed by atoms with Crippen LogP contribution >= 0.6 is 16.5 Å². The molecule has 0 rings (SSSR count). The molecule has 42 heavy (non-hydrogen) atoms. The average molecular weight is 657 g/mol. The Kier molecular flexibility index (Phi) is 58.1. The molecule has 2 unspecified atom stereocenters. The van der Waals surface area contributed by atoms with E-state index in [1.807, 2.05) is 0 Å². The molecular formula is C32H68Na2O6P2. The molecule has 0 aromatic heterocycles. The Morgan fingerprint density at radius 1 is 0.357 bits per heavy atom. The topological polar surface area (TPSA) is 98.7 Å². The van der Waals surface area contributed by atoms with Crippen LogP contribution in [-0.2, 0) is 18.2 Å². The first-order chi connectivity index (χ1) is 19.5. The van der Waals surface area contributed by atoms with E-state index in [4.69, 9.17) is 0 Å². The zero-order valence-electron chi connectivity index (χ0n) is 28.7. The molecule has 0 aliphatic carbocycles. The quantitative estimate of drug-likeness (QED) is 0.0602. The van der Waals surface area contributed by atoms with E-state index < -0.39 is 16.5 Å². The van der Waals surface area contributed by atoms with E-state index in [-0.39, 0.29) is 59.1 Å². The standard InChI is InChI=1S/2C16H35O3P.2Na/c2*1-2-3-4-5-6-7-8-9-10-11-12-13-14-15-16-19-20(17)18;;/h2*20H,2-16H2,1H3,(H,17,18);;/q;;2*+1/p-2. The number of hydrogen-bond acceptors (Lipinski definition) is 6. The van der Waals surface area contributed by atoms with Gasteiger partial charge in [-0.1, -0.05) is 181 Å². The maximum Gasteiger partial charge on any atom is 1.00 e. The van der Waals surface area contributed by atoms with Crippen molar-refractivity contribution in [1.82, 2.24) is 0 Å². The Labute approximate surface area is 307 Å². The summed E-state index contributed by atoms with van der Waals surface area (Å²) in [5.41, 5.74) is 0. The molecule has 0 amide bonds. The number of hydrogen-bond donors (Lipinski definition) is 0. The monoisotopic (exact) mass is 656 g/mol. The van der Waals surface area contributed by atoms with Gasteiger partial charge >= 0.3 is 59.1 Å². The summed E-state index contributed by atoms with van der Waals surface area (Å²) in [4.78, 5) is 20.4. The van der Waals surface area contributed by atoms with Crippen LogP contribution in [0.4, 0.5) is 0 Å². The maximum atomic E-state index is 10.2. The van der Waals surface area contributed by atoms with Gasteiger partial charge in [-0.25, -0.2) is 0 Å². The van der Waals surface area contributed by atoms with E-state index in [2.05, 4.69) is 22.9 Å². The molecule has 2 atom stereocenters. The third-order valence-electron chi connectivity index (χ3n) is 7.44. The fourth-order valence-corrected chi connectivity index (χ4v) is 5.53. The second kappa shape index (κ2) is 47.7. The molecule has 10 heteroatoms. The van der Waals surface area contributed by atoms with Gasteiger partial charge in [0.1, 0.15) is 16.5 Å². The van der Waals surface area contributed by atoms with Crippen molar-refractivity contribution in [3.63, 3.8) is 0 Å². The fraction of sp³-hybridized carbons (Fsp3) is 1.00. The van der Waals surface area contributed by atoms with Crippen LogP contribution in [-0.4, -0.2) is 13.2 Å². The summed E-state index contributed by atoms with van der Waals surface area (Å²) in [6.45, 7) is 5.27. The molecule has 244 valence electrons. The maximum absolute atomic E-state index is 10.2. The normalized spacial score (nSPS) is 12.1. The molecule has 0 bridgehead atoms. The van der Waals surface area contributed by atoms with Crippen molar-refractivity contribution in [3.05, 3.63) is 0 Å². The Morgan fingerprint density at radius 3 is 0.690 bits per heavy atom. The van der Waals surface area contributed by atoms with Crippen molar-refractivity contribution in [2.24, 2.45) is 0 Å². The van der Waals surface area contributed by atoms with E-state index in [0.717, 1.165) is 25.7 Å². The van der Waals surface area contributed by atoms with Gasteiger partial charge in [0.25, 0.3) is 0 Å². The van der Waals surface area contributed by atoms with Gasteiger partial charge in [0, 0.05) is 0 Å². The minimum Gasteiger partial charge on any atom is -0.781 e. The van der Waals surface area contributed by atoms with Crippen molar-refractivity contribution < 1.29 is 87.1 Å². The van der Waals surface area contributed by atoms with Crippen molar-refractivity contribution in [2.75, 3.05) is 13.2 Å². The first-order valence-corrected chi connectivity index (χ1v) is 19.7. The van der Waals surface area contributed by atoms with Crippen LogP contribution in [0.15, 0.2) is 0 Å². The molecule has 0 aromatic rings. The summed E-state index contributed by atoms with van der Waals surface area (Å²) >= 11 is 0. The van der Waals surface area contributed by atoms with E-state index in [0.29, 0.717) is 13.2 Å². The molecule has 0 N–H and O–H groups in total. The first-order valence-electron chi connectivity index (χ1n) is 17.2.